The van der Waals surface area contributed by atoms with E-state index in [0.717, 1.165) is 5.56 Å². The summed E-state index contributed by atoms with van der Waals surface area (Å²) in [4.78, 5) is 71.8. The molecule has 0 fully saturated rings. The number of nitrogens with one attached hydrogen (secondary N) is 3. The average molecular weight is 511 g/mol. The molecular formula is C21H30N6O7S. The van der Waals surface area contributed by atoms with Crippen LogP contribution in [0.4, 0.5) is 0 Å². The summed E-state index contributed by atoms with van der Waals surface area (Å²) in [7, 11) is 0. The van der Waals surface area contributed by atoms with Crippen molar-refractivity contribution in [3.8, 4) is 0 Å². The number of amides is 5. The number of carboxylic acid groups (broad SMARTS) is 1. The third-order valence-corrected chi connectivity index (χ3v) is 5.15. The van der Waals surface area contributed by atoms with Crippen LogP contribution in [-0.2, 0) is 35.2 Å². The van der Waals surface area contributed by atoms with E-state index in [1.165, 1.54) is 0 Å². The summed E-state index contributed by atoms with van der Waals surface area (Å²) in [6.07, 6.45) is -0.978. The Bertz CT molecular complexity index is 930. The van der Waals surface area contributed by atoms with Gasteiger partial charge in [-0.3, -0.25) is 24.0 Å². The summed E-state index contributed by atoms with van der Waals surface area (Å²) in [5.74, 6) is -5.95. The Hall–Kier alpha value is -3.65. The molecule has 0 bridgehead atoms. The van der Waals surface area contributed by atoms with E-state index in [0.29, 0.717) is 0 Å². The molecule has 4 atom stereocenters. The van der Waals surface area contributed by atoms with Gasteiger partial charge in [0.05, 0.1) is 12.5 Å². The van der Waals surface area contributed by atoms with E-state index >= 15 is 0 Å². The summed E-state index contributed by atoms with van der Waals surface area (Å²) >= 11 is 3.83. The van der Waals surface area contributed by atoms with E-state index in [1.54, 1.807) is 30.3 Å². The van der Waals surface area contributed by atoms with Crippen molar-refractivity contribution in [2.24, 2.45) is 17.2 Å². The summed E-state index contributed by atoms with van der Waals surface area (Å²) in [6, 6.07) is 3.59. The predicted octanol–water partition coefficient (Wildman–Crippen LogP) is -2.83. The first-order valence-electron chi connectivity index (χ1n) is 10.6. The van der Waals surface area contributed by atoms with Crippen molar-refractivity contribution in [3.05, 3.63) is 35.9 Å². The lowest BCUT2D eigenvalue weighted by Crippen LogP contribution is -2.58. The summed E-state index contributed by atoms with van der Waals surface area (Å²) in [5.41, 5.74) is 17.0. The van der Waals surface area contributed by atoms with Crippen LogP contribution in [0.25, 0.3) is 0 Å². The van der Waals surface area contributed by atoms with Crippen LogP contribution in [0.5, 0.6) is 0 Å². The molecule has 35 heavy (non-hydrogen) atoms. The third-order valence-electron chi connectivity index (χ3n) is 4.78. The lowest BCUT2D eigenvalue weighted by molar-refractivity contribution is -0.141. The molecule has 5 amide bonds. The summed E-state index contributed by atoms with van der Waals surface area (Å²) in [6.45, 7) is 0. The van der Waals surface area contributed by atoms with Gasteiger partial charge in [-0.15, -0.1) is 0 Å². The van der Waals surface area contributed by atoms with Gasteiger partial charge in [0.25, 0.3) is 0 Å². The highest BCUT2D eigenvalue weighted by Crippen LogP contribution is 2.05. The van der Waals surface area contributed by atoms with Crippen molar-refractivity contribution in [2.45, 2.75) is 49.9 Å². The fourth-order valence-corrected chi connectivity index (χ4v) is 3.18. The second-order valence-corrected chi connectivity index (χ2v) is 8.04. The van der Waals surface area contributed by atoms with E-state index in [1.807, 2.05) is 0 Å². The number of thiol groups is 1. The number of aliphatic carboxylic acids is 1. The highest BCUT2D eigenvalue weighted by molar-refractivity contribution is 7.80. The number of nitrogens with two attached hydrogens (primary N) is 3. The molecule has 192 valence electrons. The van der Waals surface area contributed by atoms with Crippen LogP contribution in [0.2, 0.25) is 0 Å². The summed E-state index contributed by atoms with van der Waals surface area (Å²) in [5, 5.41) is 15.9. The molecule has 4 unspecified atom stereocenters. The molecule has 1 aromatic carbocycles. The number of carbonyl (C=O) groups excluding carboxylic acids is 5. The SMILES string of the molecule is NC(=O)CCC(NC(=O)C(N)Cc1ccccc1)C(=O)NC(CC(N)=O)C(=O)NC(CS)C(=O)O. The maximum Gasteiger partial charge on any atom is 0.327 e. The number of benzene rings is 1. The molecule has 0 radical (unpaired) electrons. The molecule has 10 N–H and O–H groups in total. The lowest BCUT2D eigenvalue weighted by Gasteiger charge is -2.24. The Morgan fingerprint density at radius 1 is 0.829 bits per heavy atom. The molecule has 0 heterocycles. The minimum absolute atomic E-state index is 0.170. The fourth-order valence-electron chi connectivity index (χ4n) is 2.94. The van der Waals surface area contributed by atoms with Gasteiger partial charge in [0.1, 0.15) is 18.1 Å². The molecule has 14 heteroatoms. The average Bonchev–Trinajstić information content (AvgIpc) is 2.79. The van der Waals surface area contributed by atoms with Crippen molar-refractivity contribution in [3.63, 3.8) is 0 Å². The third kappa shape index (κ3) is 10.9. The standard InChI is InChI=1S/C21H30N6O7S/c22-12(8-11-4-2-1-3-5-11)18(30)25-13(6-7-16(23)28)19(31)26-14(9-17(24)29)20(32)27-15(10-35)21(33)34/h1-5,12-15,35H,6-10,22H2,(H2,23,28)(H2,24,29)(H,25,30)(H,26,31)(H,27,32)(H,33,34). The van der Waals surface area contributed by atoms with Crippen LogP contribution in [0.15, 0.2) is 30.3 Å². The molecule has 1 rings (SSSR count). The van der Waals surface area contributed by atoms with Gasteiger partial charge in [-0.1, -0.05) is 30.3 Å². The molecular weight excluding hydrogens is 480 g/mol. The normalized spacial score (nSPS) is 14.0. The highest BCUT2D eigenvalue weighted by Gasteiger charge is 2.31. The molecule has 13 nitrogen and oxygen atoms in total. The fraction of sp³-hybridized carbons (Fsp3) is 0.429. The molecule has 0 aliphatic carbocycles. The Balaban J connectivity index is 2.97. The van der Waals surface area contributed by atoms with Crippen molar-refractivity contribution < 1.29 is 33.9 Å². The smallest absolute Gasteiger partial charge is 0.327 e. The molecule has 0 aromatic heterocycles. The Labute approximate surface area is 206 Å². The molecule has 0 aliphatic heterocycles. The van der Waals surface area contributed by atoms with Gasteiger partial charge in [-0.25, -0.2) is 4.79 Å². The topological polar surface area (TPSA) is 237 Å². The maximum atomic E-state index is 12.9. The second-order valence-electron chi connectivity index (χ2n) is 7.68. The van der Waals surface area contributed by atoms with Crippen molar-refractivity contribution >= 4 is 48.1 Å². The quantitative estimate of drug-likeness (QED) is 0.114. The Morgan fingerprint density at radius 3 is 1.89 bits per heavy atom. The molecule has 0 saturated carbocycles. The first-order chi connectivity index (χ1) is 16.4. The highest BCUT2D eigenvalue weighted by atomic mass is 32.1. The second kappa shape index (κ2) is 14.6. The van der Waals surface area contributed by atoms with E-state index < -0.39 is 66.1 Å². The van der Waals surface area contributed by atoms with Gasteiger partial charge < -0.3 is 38.3 Å². The van der Waals surface area contributed by atoms with Gasteiger partial charge in [-0.05, 0) is 18.4 Å². The van der Waals surface area contributed by atoms with E-state index in [4.69, 9.17) is 22.3 Å². The van der Waals surface area contributed by atoms with Crippen LogP contribution in [0, 0.1) is 0 Å². The van der Waals surface area contributed by atoms with E-state index in [9.17, 15) is 28.8 Å². The minimum atomic E-state index is -1.55. The van der Waals surface area contributed by atoms with Crippen LogP contribution >= 0.6 is 12.6 Å². The number of hydrogen-bond donors (Lipinski definition) is 8. The number of hydrogen-bond acceptors (Lipinski definition) is 8. The van der Waals surface area contributed by atoms with Gasteiger partial charge >= 0.3 is 5.97 Å². The van der Waals surface area contributed by atoms with E-state index in [2.05, 4.69) is 28.6 Å². The van der Waals surface area contributed by atoms with Gasteiger partial charge in [0.2, 0.25) is 29.5 Å². The Kier molecular flexibility index (Phi) is 12.2. The zero-order valence-corrected chi connectivity index (χ0v) is 19.7. The molecule has 1 aromatic rings. The van der Waals surface area contributed by atoms with Crippen molar-refractivity contribution in [1.29, 1.82) is 0 Å². The maximum absolute atomic E-state index is 12.9. The van der Waals surface area contributed by atoms with Crippen LogP contribution in [-0.4, -0.2) is 70.5 Å². The first-order valence-corrected chi connectivity index (χ1v) is 11.2. The molecule has 0 spiro atoms. The largest absolute Gasteiger partial charge is 0.480 e. The number of primary amides is 2. The number of carbonyl (C=O) groups is 6. The summed E-state index contributed by atoms with van der Waals surface area (Å²) < 4.78 is 0. The minimum Gasteiger partial charge on any atom is -0.480 e. The van der Waals surface area contributed by atoms with Crippen LogP contribution in [0.1, 0.15) is 24.8 Å². The predicted molar refractivity (Wildman–Crippen MR) is 128 cm³/mol. The van der Waals surface area contributed by atoms with Crippen molar-refractivity contribution in [2.75, 3.05) is 5.75 Å². The van der Waals surface area contributed by atoms with E-state index in [-0.39, 0.29) is 25.0 Å². The molecule has 0 saturated heterocycles. The molecule has 0 aliphatic rings. The lowest BCUT2D eigenvalue weighted by atomic mass is 10.0. The van der Waals surface area contributed by atoms with Gasteiger partial charge in [0.15, 0.2) is 0 Å². The zero-order valence-electron chi connectivity index (χ0n) is 18.8. The first kappa shape index (κ1) is 29.4. The van der Waals surface area contributed by atoms with Crippen LogP contribution in [0.3, 0.4) is 0 Å². The Morgan fingerprint density at radius 2 is 1.37 bits per heavy atom. The monoisotopic (exact) mass is 510 g/mol. The van der Waals surface area contributed by atoms with Gasteiger partial charge in [-0.2, -0.15) is 12.6 Å². The van der Waals surface area contributed by atoms with Gasteiger partial charge in [0, 0.05) is 12.2 Å². The van der Waals surface area contributed by atoms with Crippen molar-refractivity contribution in [1.82, 2.24) is 16.0 Å². The number of rotatable bonds is 15. The van der Waals surface area contributed by atoms with Crippen LogP contribution < -0.4 is 33.2 Å². The number of carboxylic acids is 1. The zero-order chi connectivity index (χ0) is 26.5.